The summed E-state index contributed by atoms with van der Waals surface area (Å²) in [6, 6.07) is 1.85. The first kappa shape index (κ1) is 13.5. The van der Waals surface area contributed by atoms with Crippen LogP contribution in [0, 0.1) is 0 Å². The molecule has 0 aromatic carbocycles. The highest BCUT2D eigenvalue weighted by Gasteiger charge is 2.11. The average molecular weight is 278 g/mol. The van der Waals surface area contributed by atoms with Gasteiger partial charge in [0.15, 0.2) is 0 Å². The van der Waals surface area contributed by atoms with Gasteiger partial charge in [-0.1, -0.05) is 25.4 Å². The molecular formula is C13H16ClN5. The van der Waals surface area contributed by atoms with E-state index in [1.807, 2.05) is 6.07 Å². The SMILES string of the molecule is CC(C)c1cnc(Cl)cc1Cc1cnc(N)nc1N. The number of halogens is 1. The van der Waals surface area contributed by atoms with E-state index >= 15 is 0 Å². The van der Waals surface area contributed by atoms with E-state index in [-0.39, 0.29) is 5.95 Å². The summed E-state index contributed by atoms with van der Waals surface area (Å²) < 4.78 is 0. The van der Waals surface area contributed by atoms with Gasteiger partial charge in [-0.25, -0.2) is 9.97 Å². The number of rotatable bonds is 3. The Morgan fingerprint density at radius 2 is 1.89 bits per heavy atom. The number of aromatic nitrogens is 3. The van der Waals surface area contributed by atoms with E-state index in [0.717, 1.165) is 16.7 Å². The van der Waals surface area contributed by atoms with Gasteiger partial charge in [-0.3, -0.25) is 0 Å². The van der Waals surface area contributed by atoms with Crippen molar-refractivity contribution < 1.29 is 0 Å². The van der Waals surface area contributed by atoms with Crippen LogP contribution in [-0.4, -0.2) is 15.0 Å². The molecule has 6 heteroatoms. The molecular weight excluding hydrogens is 262 g/mol. The van der Waals surface area contributed by atoms with Gasteiger partial charge < -0.3 is 11.5 Å². The maximum absolute atomic E-state index is 5.96. The van der Waals surface area contributed by atoms with Gasteiger partial charge in [0.25, 0.3) is 0 Å². The molecule has 2 heterocycles. The highest BCUT2D eigenvalue weighted by atomic mass is 35.5. The zero-order valence-electron chi connectivity index (χ0n) is 10.9. The Morgan fingerprint density at radius 3 is 2.53 bits per heavy atom. The Labute approximate surface area is 117 Å². The van der Waals surface area contributed by atoms with Crippen molar-refractivity contribution in [3.63, 3.8) is 0 Å². The van der Waals surface area contributed by atoms with Gasteiger partial charge >= 0.3 is 0 Å². The van der Waals surface area contributed by atoms with Crippen LogP contribution in [0.2, 0.25) is 5.15 Å². The van der Waals surface area contributed by atoms with E-state index < -0.39 is 0 Å². The smallest absolute Gasteiger partial charge is 0.221 e. The lowest BCUT2D eigenvalue weighted by Gasteiger charge is -2.13. The fourth-order valence-electron chi connectivity index (χ4n) is 1.93. The van der Waals surface area contributed by atoms with Gasteiger partial charge in [-0.05, 0) is 23.1 Å². The molecule has 0 saturated carbocycles. The number of hydrogen-bond acceptors (Lipinski definition) is 5. The standard InChI is InChI=1S/C13H16ClN5/c1-7(2)10-6-17-11(14)4-8(10)3-9-5-18-13(16)19-12(9)15/h4-7H,3H2,1-2H3,(H4,15,16,18,19). The van der Waals surface area contributed by atoms with Crippen molar-refractivity contribution in [2.24, 2.45) is 0 Å². The molecule has 0 aliphatic heterocycles. The fourth-order valence-corrected chi connectivity index (χ4v) is 2.11. The van der Waals surface area contributed by atoms with Crippen LogP contribution < -0.4 is 11.5 Å². The molecule has 0 saturated heterocycles. The minimum atomic E-state index is 0.179. The van der Waals surface area contributed by atoms with Gasteiger partial charge in [0.2, 0.25) is 5.95 Å². The maximum Gasteiger partial charge on any atom is 0.221 e. The van der Waals surface area contributed by atoms with Crippen molar-refractivity contribution in [2.75, 3.05) is 11.5 Å². The summed E-state index contributed by atoms with van der Waals surface area (Å²) in [6.07, 6.45) is 4.06. The second kappa shape index (κ2) is 5.40. The van der Waals surface area contributed by atoms with E-state index in [4.69, 9.17) is 23.1 Å². The Kier molecular flexibility index (Phi) is 3.85. The molecule has 0 aliphatic carbocycles. The lowest BCUT2D eigenvalue weighted by atomic mass is 9.95. The molecule has 0 fully saturated rings. The monoisotopic (exact) mass is 277 g/mol. The van der Waals surface area contributed by atoms with Crippen LogP contribution in [0.3, 0.4) is 0 Å². The normalized spacial score (nSPS) is 10.9. The summed E-state index contributed by atoms with van der Waals surface area (Å²) in [7, 11) is 0. The first-order chi connectivity index (χ1) is 8.97. The molecule has 0 unspecified atom stereocenters. The summed E-state index contributed by atoms with van der Waals surface area (Å²) in [6.45, 7) is 4.22. The van der Waals surface area contributed by atoms with Crippen LogP contribution >= 0.6 is 11.6 Å². The summed E-state index contributed by atoms with van der Waals surface area (Å²) >= 11 is 5.96. The fraction of sp³-hybridized carbons (Fsp3) is 0.308. The third-order valence-corrected chi connectivity index (χ3v) is 3.12. The Hall–Kier alpha value is -1.88. The average Bonchev–Trinajstić information content (AvgIpc) is 2.32. The quantitative estimate of drug-likeness (QED) is 0.841. The topological polar surface area (TPSA) is 90.7 Å². The zero-order chi connectivity index (χ0) is 14.0. The Balaban J connectivity index is 2.39. The van der Waals surface area contributed by atoms with Crippen molar-refractivity contribution >= 4 is 23.4 Å². The molecule has 2 aromatic heterocycles. The maximum atomic E-state index is 5.96. The molecule has 2 rings (SSSR count). The number of pyridine rings is 1. The molecule has 2 aromatic rings. The third kappa shape index (κ3) is 3.12. The summed E-state index contributed by atoms with van der Waals surface area (Å²) in [5, 5.41) is 0.467. The van der Waals surface area contributed by atoms with E-state index in [1.165, 1.54) is 0 Å². The predicted octanol–water partition coefficient (Wildman–Crippen LogP) is 2.40. The number of nitrogens with zero attached hydrogens (tertiary/aromatic N) is 3. The summed E-state index contributed by atoms with van der Waals surface area (Å²) in [5.41, 5.74) is 14.4. The van der Waals surface area contributed by atoms with Crippen LogP contribution in [0.15, 0.2) is 18.5 Å². The van der Waals surface area contributed by atoms with Crippen LogP contribution in [0.1, 0.15) is 36.5 Å². The van der Waals surface area contributed by atoms with E-state index in [9.17, 15) is 0 Å². The molecule has 5 nitrogen and oxygen atoms in total. The van der Waals surface area contributed by atoms with Crippen molar-refractivity contribution in [1.82, 2.24) is 15.0 Å². The highest BCUT2D eigenvalue weighted by Crippen LogP contribution is 2.24. The second-order valence-corrected chi connectivity index (χ2v) is 5.06. The lowest BCUT2D eigenvalue weighted by Crippen LogP contribution is -2.06. The van der Waals surface area contributed by atoms with Crippen LogP contribution in [0.4, 0.5) is 11.8 Å². The number of anilines is 2. The third-order valence-electron chi connectivity index (χ3n) is 2.91. The molecule has 0 radical (unpaired) electrons. The predicted molar refractivity (Wildman–Crippen MR) is 77.0 cm³/mol. The first-order valence-electron chi connectivity index (χ1n) is 5.98. The molecule has 0 bridgehead atoms. The van der Waals surface area contributed by atoms with Crippen molar-refractivity contribution in [1.29, 1.82) is 0 Å². The van der Waals surface area contributed by atoms with E-state index in [0.29, 0.717) is 23.3 Å². The van der Waals surface area contributed by atoms with Gasteiger partial charge in [0.1, 0.15) is 11.0 Å². The molecule has 100 valence electrons. The second-order valence-electron chi connectivity index (χ2n) is 4.68. The summed E-state index contributed by atoms with van der Waals surface area (Å²) in [5.74, 6) is 0.934. The number of hydrogen-bond donors (Lipinski definition) is 2. The van der Waals surface area contributed by atoms with Crippen molar-refractivity contribution in [3.05, 3.63) is 40.3 Å². The minimum Gasteiger partial charge on any atom is -0.383 e. The van der Waals surface area contributed by atoms with Crippen LogP contribution in [0.25, 0.3) is 0 Å². The van der Waals surface area contributed by atoms with Crippen LogP contribution in [0.5, 0.6) is 0 Å². The van der Waals surface area contributed by atoms with Gasteiger partial charge in [-0.2, -0.15) is 4.98 Å². The first-order valence-corrected chi connectivity index (χ1v) is 6.36. The number of nitrogens with two attached hydrogens (primary N) is 2. The van der Waals surface area contributed by atoms with Gasteiger partial charge in [-0.15, -0.1) is 0 Å². The van der Waals surface area contributed by atoms with Gasteiger partial charge in [0, 0.05) is 24.4 Å². The molecule has 0 atom stereocenters. The number of nitrogen functional groups attached to an aromatic ring is 2. The summed E-state index contributed by atoms with van der Waals surface area (Å²) in [4.78, 5) is 12.1. The van der Waals surface area contributed by atoms with E-state index in [1.54, 1.807) is 12.4 Å². The zero-order valence-corrected chi connectivity index (χ0v) is 11.6. The Bertz CT molecular complexity index is 598. The highest BCUT2D eigenvalue weighted by molar-refractivity contribution is 6.29. The van der Waals surface area contributed by atoms with Crippen molar-refractivity contribution in [2.45, 2.75) is 26.2 Å². The minimum absolute atomic E-state index is 0.179. The Morgan fingerprint density at radius 1 is 1.16 bits per heavy atom. The van der Waals surface area contributed by atoms with E-state index in [2.05, 4.69) is 28.8 Å². The van der Waals surface area contributed by atoms with Gasteiger partial charge in [0.05, 0.1) is 0 Å². The molecule has 19 heavy (non-hydrogen) atoms. The lowest BCUT2D eigenvalue weighted by molar-refractivity contribution is 0.838. The largest absolute Gasteiger partial charge is 0.383 e. The van der Waals surface area contributed by atoms with Crippen molar-refractivity contribution in [3.8, 4) is 0 Å². The molecule has 0 aliphatic rings. The van der Waals surface area contributed by atoms with Crippen LogP contribution in [-0.2, 0) is 6.42 Å². The molecule has 0 spiro atoms. The molecule has 4 N–H and O–H groups in total. The molecule has 0 amide bonds.